The second-order valence-electron chi connectivity index (χ2n) is 6.21. The highest BCUT2D eigenvalue weighted by Crippen LogP contribution is 2.28. The Hall–Kier alpha value is -2.30. The number of hydrogen-bond donors (Lipinski definition) is 0. The van der Waals surface area contributed by atoms with Gasteiger partial charge in [0.2, 0.25) is 0 Å². The zero-order valence-electron chi connectivity index (χ0n) is 14.5. The molecule has 3 rings (SSSR count). The van der Waals surface area contributed by atoms with Gasteiger partial charge in [0.25, 0.3) is 9.05 Å². The fourth-order valence-electron chi connectivity index (χ4n) is 2.97. The summed E-state index contributed by atoms with van der Waals surface area (Å²) in [5.41, 5.74) is 4.24. The number of nitrogens with zero attached hydrogens (tertiary/aromatic N) is 1. The van der Waals surface area contributed by atoms with E-state index in [1.165, 1.54) is 11.1 Å². The third-order valence-electron chi connectivity index (χ3n) is 4.22. The molecule has 0 atom stereocenters. The number of aryl methyl sites for hydroxylation is 1. The van der Waals surface area contributed by atoms with Crippen LogP contribution >= 0.6 is 10.7 Å². The lowest BCUT2D eigenvalue weighted by atomic mass is 10.1. The van der Waals surface area contributed by atoms with Crippen molar-refractivity contribution in [1.82, 2.24) is 0 Å². The first-order valence-electron chi connectivity index (χ1n) is 8.31. The summed E-state index contributed by atoms with van der Waals surface area (Å²) in [5, 5.41) is 0. The molecule has 0 saturated heterocycles. The summed E-state index contributed by atoms with van der Waals surface area (Å²) >= 11 is 0. The van der Waals surface area contributed by atoms with Crippen molar-refractivity contribution >= 4 is 25.4 Å². The molecule has 0 spiro atoms. The van der Waals surface area contributed by atoms with E-state index in [9.17, 15) is 8.42 Å². The molecule has 0 amide bonds. The SMILES string of the molecule is Cc1cc(S(=O)(=O)Cl)ccc1N(Cc1ccccc1)Cc1ccccc1. The van der Waals surface area contributed by atoms with Crippen molar-refractivity contribution in [3.63, 3.8) is 0 Å². The molecule has 5 heteroatoms. The fraction of sp³-hybridized carbons (Fsp3) is 0.143. The van der Waals surface area contributed by atoms with E-state index in [1.54, 1.807) is 12.1 Å². The molecule has 0 aliphatic rings. The topological polar surface area (TPSA) is 37.4 Å². The van der Waals surface area contributed by atoms with E-state index in [4.69, 9.17) is 10.7 Å². The maximum Gasteiger partial charge on any atom is 0.261 e. The van der Waals surface area contributed by atoms with Crippen molar-refractivity contribution in [2.45, 2.75) is 24.9 Å². The standard InChI is InChI=1S/C21H20ClNO2S/c1-17-14-20(26(22,24)25)12-13-21(17)23(15-18-8-4-2-5-9-18)16-19-10-6-3-7-11-19/h2-14H,15-16H2,1H3. The summed E-state index contributed by atoms with van der Waals surface area (Å²) in [4.78, 5) is 2.37. The van der Waals surface area contributed by atoms with Gasteiger partial charge in [-0.2, -0.15) is 0 Å². The average molecular weight is 386 g/mol. The predicted octanol–water partition coefficient (Wildman–Crippen LogP) is 5.13. The molecule has 3 aromatic rings. The molecular weight excluding hydrogens is 366 g/mol. The molecule has 0 fully saturated rings. The van der Waals surface area contributed by atoms with Gasteiger partial charge in [-0.05, 0) is 41.8 Å². The van der Waals surface area contributed by atoms with Crippen molar-refractivity contribution in [2.75, 3.05) is 4.90 Å². The van der Waals surface area contributed by atoms with Gasteiger partial charge in [0.05, 0.1) is 4.90 Å². The maximum absolute atomic E-state index is 11.6. The van der Waals surface area contributed by atoms with Crippen molar-refractivity contribution in [3.05, 3.63) is 95.6 Å². The number of halogens is 1. The minimum Gasteiger partial charge on any atom is -0.363 e. The highest BCUT2D eigenvalue weighted by molar-refractivity contribution is 8.13. The van der Waals surface area contributed by atoms with E-state index in [0.717, 1.165) is 24.3 Å². The molecule has 3 aromatic carbocycles. The van der Waals surface area contributed by atoms with Gasteiger partial charge in [-0.15, -0.1) is 0 Å². The van der Waals surface area contributed by atoms with E-state index >= 15 is 0 Å². The largest absolute Gasteiger partial charge is 0.363 e. The van der Waals surface area contributed by atoms with Gasteiger partial charge in [0.1, 0.15) is 0 Å². The summed E-state index contributed by atoms with van der Waals surface area (Å²) in [5.74, 6) is 0. The molecule has 0 saturated carbocycles. The zero-order chi connectivity index (χ0) is 18.6. The van der Waals surface area contributed by atoms with E-state index in [-0.39, 0.29) is 4.90 Å². The Morgan fingerprint density at radius 1 is 0.808 bits per heavy atom. The van der Waals surface area contributed by atoms with Gasteiger partial charge in [-0.1, -0.05) is 60.7 Å². The zero-order valence-corrected chi connectivity index (χ0v) is 16.0. The van der Waals surface area contributed by atoms with Gasteiger partial charge in [-0.25, -0.2) is 8.42 Å². The number of hydrogen-bond acceptors (Lipinski definition) is 3. The first-order chi connectivity index (χ1) is 12.4. The average Bonchev–Trinajstić information content (AvgIpc) is 2.62. The molecular formula is C21H20ClNO2S. The fourth-order valence-corrected chi connectivity index (χ4v) is 3.80. The molecule has 3 nitrogen and oxygen atoms in total. The van der Waals surface area contributed by atoms with Crippen LogP contribution in [0.15, 0.2) is 83.8 Å². The Morgan fingerprint density at radius 2 is 1.31 bits per heavy atom. The predicted molar refractivity (Wildman–Crippen MR) is 107 cm³/mol. The summed E-state index contributed by atoms with van der Waals surface area (Å²) in [7, 11) is 1.75. The van der Waals surface area contributed by atoms with Crippen LogP contribution in [0.4, 0.5) is 5.69 Å². The lowest BCUT2D eigenvalue weighted by molar-refractivity contribution is 0.609. The molecule has 0 bridgehead atoms. The summed E-state index contributed by atoms with van der Waals surface area (Å²) in [6, 6.07) is 25.4. The minimum atomic E-state index is -3.73. The summed E-state index contributed by atoms with van der Waals surface area (Å²) < 4.78 is 23.2. The highest BCUT2D eigenvalue weighted by atomic mass is 35.7. The van der Waals surface area contributed by atoms with E-state index in [0.29, 0.717) is 0 Å². The van der Waals surface area contributed by atoms with Gasteiger partial charge in [0.15, 0.2) is 0 Å². The van der Waals surface area contributed by atoms with Crippen LogP contribution in [0.2, 0.25) is 0 Å². The molecule has 0 unspecified atom stereocenters. The minimum absolute atomic E-state index is 0.125. The van der Waals surface area contributed by atoms with Crippen molar-refractivity contribution < 1.29 is 8.42 Å². The Balaban J connectivity index is 1.97. The Labute approximate surface area is 159 Å². The maximum atomic E-state index is 11.6. The molecule has 0 heterocycles. The normalized spacial score (nSPS) is 11.3. The van der Waals surface area contributed by atoms with Crippen LogP contribution in [-0.4, -0.2) is 8.42 Å². The first-order valence-corrected chi connectivity index (χ1v) is 10.6. The monoisotopic (exact) mass is 385 g/mol. The summed E-state index contributed by atoms with van der Waals surface area (Å²) in [6.07, 6.45) is 0. The number of rotatable bonds is 6. The molecule has 0 aromatic heterocycles. The molecule has 26 heavy (non-hydrogen) atoms. The van der Waals surface area contributed by atoms with Gasteiger partial charge >= 0.3 is 0 Å². The van der Waals surface area contributed by atoms with Crippen molar-refractivity contribution in [3.8, 4) is 0 Å². The summed E-state index contributed by atoms with van der Waals surface area (Å²) in [6.45, 7) is 3.36. The first kappa shape index (κ1) is 18.5. The van der Waals surface area contributed by atoms with Crippen LogP contribution < -0.4 is 4.90 Å². The van der Waals surface area contributed by atoms with Crippen LogP contribution in [0, 0.1) is 6.92 Å². The molecule has 0 N–H and O–H groups in total. The second kappa shape index (κ2) is 7.94. The van der Waals surface area contributed by atoms with E-state index < -0.39 is 9.05 Å². The molecule has 0 aliphatic heterocycles. The molecule has 134 valence electrons. The van der Waals surface area contributed by atoms with Gasteiger partial charge in [0, 0.05) is 29.5 Å². The van der Waals surface area contributed by atoms with Crippen LogP contribution in [-0.2, 0) is 22.1 Å². The smallest absolute Gasteiger partial charge is 0.261 e. The van der Waals surface area contributed by atoms with Crippen LogP contribution in [0.1, 0.15) is 16.7 Å². The van der Waals surface area contributed by atoms with Crippen LogP contribution in [0.3, 0.4) is 0 Å². The highest BCUT2D eigenvalue weighted by Gasteiger charge is 2.15. The molecule has 0 aliphatic carbocycles. The third-order valence-corrected chi connectivity index (χ3v) is 5.57. The second-order valence-corrected chi connectivity index (χ2v) is 8.78. The van der Waals surface area contributed by atoms with Gasteiger partial charge < -0.3 is 4.90 Å². The molecule has 0 radical (unpaired) electrons. The Bertz CT molecular complexity index is 932. The Morgan fingerprint density at radius 3 is 1.73 bits per heavy atom. The third kappa shape index (κ3) is 4.65. The Kier molecular flexibility index (Phi) is 5.64. The van der Waals surface area contributed by atoms with Crippen LogP contribution in [0.5, 0.6) is 0 Å². The lowest BCUT2D eigenvalue weighted by Gasteiger charge is -2.27. The van der Waals surface area contributed by atoms with Crippen LogP contribution in [0.25, 0.3) is 0 Å². The lowest BCUT2D eigenvalue weighted by Crippen LogP contribution is -2.23. The number of benzene rings is 3. The van der Waals surface area contributed by atoms with E-state index in [2.05, 4.69) is 29.2 Å². The van der Waals surface area contributed by atoms with Crippen molar-refractivity contribution in [1.29, 1.82) is 0 Å². The number of anilines is 1. The van der Waals surface area contributed by atoms with E-state index in [1.807, 2.05) is 49.4 Å². The quantitative estimate of drug-likeness (QED) is 0.552. The van der Waals surface area contributed by atoms with Gasteiger partial charge in [-0.3, -0.25) is 0 Å². The van der Waals surface area contributed by atoms with Crippen molar-refractivity contribution in [2.24, 2.45) is 0 Å².